The molecule has 0 saturated heterocycles. The van der Waals surface area contributed by atoms with E-state index in [1.807, 2.05) is 6.07 Å². The molecule has 0 aliphatic heterocycles. The minimum Gasteiger partial charge on any atom is -0.478 e. The first-order valence-electron chi connectivity index (χ1n) is 6.41. The molecule has 0 radical (unpaired) electrons. The van der Waals surface area contributed by atoms with Gasteiger partial charge in [0.1, 0.15) is 0 Å². The molecule has 0 aliphatic rings. The van der Waals surface area contributed by atoms with Gasteiger partial charge in [0, 0.05) is 17.6 Å². The van der Waals surface area contributed by atoms with Crippen molar-refractivity contribution in [2.45, 2.75) is 26.3 Å². The third kappa shape index (κ3) is 5.30. The van der Waals surface area contributed by atoms with E-state index in [0.717, 1.165) is 29.4 Å². The van der Waals surface area contributed by atoms with Gasteiger partial charge in [-0.1, -0.05) is 35.3 Å². The Morgan fingerprint density at radius 3 is 2.74 bits per heavy atom. The summed E-state index contributed by atoms with van der Waals surface area (Å²) in [4.78, 5) is 10.8. The van der Waals surface area contributed by atoms with E-state index in [0.29, 0.717) is 12.5 Å². The van der Waals surface area contributed by atoms with Crippen molar-refractivity contribution in [3.8, 4) is 0 Å². The maximum Gasteiger partial charge on any atom is 0.335 e. The summed E-state index contributed by atoms with van der Waals surface area (Å²) in [5, 5.41) is 21.1. The van der Waals surface area contributed by atoms with Crippen molar-refractivity contribution in [1.29, 1.82) is 0 Å². The SMILES string of the molecule is CCC(CCO)CNCc1ccc(C(=O)O)cc1Br. The second-order valence-corrected chi connectivity index (χ2v) is 5.38. The normalized spacial score (nSPS) is 12.4. The van der Waals surface area contributed by atoms with Crippen molar-refractivity contribution < 1.29 is 15.0 Å². The molecule has 1 rings (SSSR count). The Kier molecular flexibility index (Phi) is 7.05. The van der Waals surface area contributed by atoms with Gasteiger partial charge in [0.25, 0.3) is 0 Å². The molecule has 4 nitrogen and oxygen atoms in total. The van der Waals surface area contributed by atoms with Crippen LogP contribution in [0.25, 0.3) is 0 Å². The highest BCUT2D eigenvalue weighted by molar-refractivity contribution is 9.10. The highest BCUT2D eigenvalue weighted by Gasteiger charge is 2.08. The van der Waals surface area contributed by atoms with E-state index >= 15 is 0 Å². The smallest absolute Gasteiger partial charge is 0.335 e. The molecule has 0 aliphatic carbocycles. The fraction of sp³-hybridized carbons (Fsp3) is 0.500. The molecule has 0 aromatic heterocycles. The monoisotopic (exact) mass is 329 g/mol. The minimum atomic E-state index is -0.922. The van der Waals surface area contributed by atoms with Gasteiger partial charge in [0.05, 0.1) is 5.56 Å². The largest absolute Gasteiger partial charge is 0.478 e. The number of aliphatic hydroxyl groups is 1. The van der Waals surface area contributed by atoms with Crippen LogP contribution < -0.4 is 5.32 Å². The van der Waals surface area contributed by atoms with Crippen LogP contribution in [0.4, 0.5) is 0 Å². The molecule has 1 aromatic rings. The zero-order valence-corrected chi connectivity index (χ0v) is 12.6. The quantitative estimate of drug-likeness (QED) is 0.685. The molecule has 0 heterocycles. The lowest BCUT2D eigenvalue weighted by Crippen LogP contribution is -2.23. The number of carboxylic acid groups (broad SMARTS) is 1. The molecule has 1 aromatic carbocycles. The Hall–Kier alpha value is -0.910. The zero-order chi connectivity index (χ0) is 14.3. The van der Waals surface area contributed by atoms with E-state index < -0.39 is 5.97 Å². The molecule has 0 saturated carbocycles. The van der Waals surface area contributed by atoms with Crippen LogP contribution in [0.3, 0.4) is 0 Å². The molecule has 0 fully saturated rings. The van der Waals surface area contributed by atoms with Crippen molar-refractivity contribution in [3.63, 3.8) is 0 Å². The first-order chi connectivity index (χ1) is 9.08. The molecule has 19 heavy (non-hydrogen) atoms. The maximum absolute atomic E-state index is 10.8. The second kappa shape index (κ2) is 8.30. The van der Waals surface area contributed by atoms with Crippen LogP contribution in [0.5, 0.6) is 0 Å². The summed E-state index contributed by atoms with van der Waals surface area (Å²) in [6.07, 6.45) is 1.84. The van der Waals surface area contributed by atoms with Gasteiger partial charge in [0.2, 0.25) is 0 Å². The van der Waals surface area contributed by atoms with Gasteiger partial charge in [-0.15, -0.1) is 0 Å². The number of carbonyl (C=O) groups is 1. The molecular weight excluding hydrogens is 310 g/mol. The van der Waals surface area contributed by atoms with Crippen molar-refractivity contribution in [2.75, 3.05) is 13.2 Å². The summed E-state index contributed by atoms with van der Waals surface area (Å²) >= 11 is 3.39. The van der Waals surface area contributed by atoms with E-state index in [1.165, 1.54) is 0 Å². The Morgan fingerprint density at radius 1 is 1.47 bits per heavy atom. The number of benzene rings is 1. The summed E-state index contributed by atoms with van der Waals surface area (Å²) in [6, 6.07) is 5.03. The summed E-state index contributed by atoms with van der Waals surface area (Å²) < 4.78 is 0.801. The molecule has 5 heteroatoms. The van der Waals surface area contributed by atoms with E-state index in [4.69, 9.17) is 10.2 Å². The molecular formula is C14H20BrNO3. The summed E-state index contributed by atoms with van der Waals surface area (Å²) in [5.41, 5.74) is 1.31. The average molecular weight is 330 g/mol. The first kappa shape index (κ1) is 16.1. The third-order valence-electron chi connectivity index (χ3n) is 3.16. The Labute approximate surface area is 122 Å². The van der Waals surface area contributed by atoms with E-state index in [9.17, 15) is 4.79 Å². The van der Waals surface area contributed by atoms with Crippen LogP contribution in [0.1, 0.15) is 35.7 Å². The highest BCUT2D eigenvalue weighted by atomic mass is 79.9. The van der Waals surface area contributed by atoms with Crippen molar-refractivity contribution in [2.24, 2.45) is 5.92 Å². The maximum atomic E-state index is 10.8. The van der Waals surface area contributed by atoms with Crippen LogP contribution >= 0.6 is 15.9 Å². The lowest BCUT2D eigenvalue weighted by molar-refractivity contribution is 0.0697. The summed E-state index contributed by atoms with van der Waals surface area (Å²) in [7, 11) is 0. The van der Waals surface area contributed by atoms with E-state index in [1.54, 1.807) is 12.1 Å². The lowest BCUT2D eigenvalue weighted by Gasteiger charge is -2.15. The van der Waals surface area contributed by atoms with Crippen molar-refractivity contribution >= 4 is 21.9 Å². The molecule has 0 spiro atoms. The van der Waals surface area contributed by atoms with Crippen LogP contribution in [-0.4, -0.2) is 29.3 Å². The van der Waals surface area contributed by atoms with Crippen LogP contribution in [0.15, 0.2) is 22.7 Å². The molecule has 3 N–H and O–H groups in total. The molecule has 0 bridgehead atoms. The third-order valence-corrected chi connectivity index (χ3v) is 3.90. The number of rotatable bonds is 8. The van der Waals surface area contributed by atoms with Crippen LogP contribution in [-0.2, 0) is 6.54 Å². The predicted octanol–water partition coefficient (Wildman–Crippen LogP) is 2.65. The fourth-order valence-electron chi connectivity index (χ4n) is 1.87. The number of aromatic carboxylic acids is 1. The standard InChI is InChI=1S/C14H20BrNO3/c1-2-10(5-6-17)8-16-9-12-4-3-11(14(18)19)7-13(12)15/h3-4,7,10,16-17H,2,5-6,8-9H2,1H3,(H,18,19). The molecule has 106 valence electrons. The second-order valence-electron chi connectivity index (χ2n) is 4.53. The Bertz CT molecular complexity index is 423. The van der Waals surface area contributed by atoms with Gasteiger partial charge in [-0.25, -0.2) is 4.79 Å². The fourth-order valence-corrected chi connectivity index (χ4v) is 2.39. The van der Waals surface area contributed by atoms with Crippen molar-refractivity contribution in [3.05, 3.63) is 33.8 Å². The zero-order valence-electron chi connectivity index (χ0n) is 11.0. The van der Waals surface area contributed by atoms with Gasteiger partial charge in [-0.05, 0) is 36.6 Å². The highest BCUT2D eigenvalue weighted by Crippen LogP contribution is 2.19. The number of aliphatic hydroxyl groups excluding tert-OH is 1. The number of carboxylic acids is 1. The number of hydrogen-bond donors (Lipinski definition) is 3. The van der Waals surface area contributed by atoms with Crippen LogP contribution in [0.2, 0.25) is 0 Å². The number of hydrogen-bond acceptors (Lipinski definition) is 3. The van der Waals surface area contributed by atoms with E-state index in [2.05, 4.69) is 28.2 Å². The minimum absolute atomic E-state index is 0.219. The Balaban J connectivity index is 2.51. The predicted molar refractivity (Wildman–Crippen MR) is 78.3 cm³/mol. The molecule has 1 unspecified atom stereocenters. The van der Waals surface area contributed by atoms with Gasteiger partial charge < -0.3 is 15.5 Å². The first-order valence-corrected chi connectivity index (χ1v) is 7.21. The average Bonchev–Trinajstić information content (AvgIpc) is 2.39. The van der Waals surface area contributed by atoms with Gasteiger partial charge in [-0.2, -0.15) is 0 Å². The van der Waals surface area contributed by atoms with Gasteiger partial charge in [0.15, 0.2) is 0 Å². The number of halogens is 1. The van der Waals surface area contributed by atoms with Crippen molar-refractivity contribution in [1.82, 2.24) is 5.32 Å². The number of nitrogens with one attached hydrogen (secondary N) is 1. The summed E-state index contributed by atoms with van der Waals surface area (Å²) in [5.74, 6) is -0.448. The van der Waals surface area contributed by atoms with Gasteiger partial charge in [-0.3, -0.25) is 0 Å². The van der Waals surface area contributed by atoms with Crippen LogP contribution in [0, 0.1) is 5.92 Å². The summed E-state index contributed by atoms with van der Waals surface area (Å²) in [6.45, 7) is 3.86. The molecule has 1 atom stereocenters. The Morgan fingerprint density at radius 2 is 2.21 bits per heavy atom. The molecule has 0 amide bonds. The van der Waals surface area contributed by atoms with Gasteiger partial charge >= 0.3 is 5.97 Å². The topological polar surface area (TPSA) is 69.6 Å². The van der Waals surface area contributed by atoms with E-state index in [-0.39, 0.29) is 12.2 Å². The lowest BCUT2D eigenvalue weighted by atomic mass is 10.0.